The minimum atomic E-state index is 0.298. The third-order valence-corrected chi connectivity index (χ3v) is 4.55. The highest BCUT2D eigenvalue weighted by atomic mass is 79.9. The van der Waals surface area contributed by atoms with Crippen LogP contribution in [-0.4, -0.2) is 15.6 Å². The minimum absolute atomic E-state index is 0.298. The molecule has 1 unspecified atom stereocenters. The van der Waals surface area contributed by atoms with Gasteiger partial charge >= 0.3 is 0 Å². The summed E-state index contributed by atoms with van der Waals surface area (Å²) in [6.45, 7) is 0.987. The molecule has 0 saturated heterocycles. The van der Waals surface area contributed by atoms with Gasteiger partial charge in [0.2, 0.25) is 0 Å². The van der Waals surface area contributed by atoms with Crippen molar-refractivity contribution in [3.8, 4) is 10.7 Å². The van der Waals surface area contributed by atoms with Crippen molar-refractivity contribution in [3.05, 3.63) is 27.8 Å². The number of nitrogens with zero attached hydrogens (tertiary/aromatic N) is 2. The van der Waals surface area contributed by atoms with Crippen LogP contribution < -0.4 is 5.73 Å². The Balaban J connectivity index is 2.03. The maximum Gasteiger partial charge on any atom is 0.150 e. The molecule has 2 aromatic heterocycles. The number of fused-ring (bicyclic) bond motifs is 1. The van der Waals surface area contributed by atoms with Crippen LogP contribution in [0.1, 0.15) is 12.1 Å². The molecule has 0 saturated carbocycles. The molecule has 5 heteroatoms. The summed E-state index contributed by atoms with van der Waals surface area (Å²) < 4.78 is 3.44. The first-order chi connectivity index (χ1) is 7.74. The van der Waals surface area contributed by atoms with Crippen LogP contribution in [0.15, 0.2) is 22.1 Å². The van der Waals surface area contributed by atoms with Crippen molar-refractivity contribution in [2.45, 2.75) is 25.4 Å². The lowest BCUT2D eigenvalue weighted by Gasteiger charge is -2.21. The second-order valence-electron chi connectivity index (χ2n) is 4.08. The van der Waals surface area contributed by atoms with Gasteiger partial charge in [0.1, 0.15) is 5.82 Å². The molecule has 2 N–H and O–H groups in total. The van der Waals surface area contributed by atoms with Gasteiger partial charge in [-0.05, 0) is 34.5 Å². The van der Waals surface area contributed by atoms with Gasteiger partial charge in [-0.2, -0.15) is 0 Å². The van der Waals surface area contributed by atoms with E-state index in [-0.39, 0.29) is 0 Å². The van der Waals surface area contributed by atoms with Crippen LogP contribution in [0, 0.1) is 0 Å². The van der Waals surface area contributed by atoms with E-state index in [1.165, 1.54) is 10.6 Å². The van der Waals surface area contributed by atoms with E-state index in [0.29, 0.717) is 6.04 Å². The Morgan fingerprint density at radius 1 is 1.50 bits per heavy atom. The minimum Gasteiger partial charge on any atom is -0.327 e. The van der Waals surface area contributed by atoms with Crippen molar-refractivity contribution in [2.24, 2.45) is 5.73 Å². The van der Waals surface area contributed by atoms with E-state index in [9.17, 15) is 0 Å². The summed E-state index contributed by atoms with van der Waals surface area (Å²) in [5.41, 5.74) is 7.22. The first-order valence-corrected chi connectivity index (χ1v) is 6.90. The highest BCUT2D eigenvalue weighted by Crippen LogP contribution is 2.32. The quantitative estimate of drug-likeness (QED) is 0.879. The second kappa shape index (κ2) is 3.98. The van der Waals surface area contributed by atoms with Crippen molar-refractivity contribution >= 4 is 27.3 Å². The smallest absolute Gasteiger partial charge is 0.150 e. The third-order valence-electron chi connectivity index (χ3n) is 2.93. The van der Waals surface area contributed by atoms with Crippen LogP contribution in [0.3, 0.4) is 0 Å². The summed E-state index contributed by atoms with van der Waals surface area (Å²) in [5.74, 6) is 1.08. The van der Waals surface area contributed by atoms with Crippen LogP contribution in [0.25, 0.3) is 10.7 Å². The average Bonchev–Trinajstić information content (AvgIpc) is 2.83. The molecule has 2 aromatic rings. The highest BCUT2D eigenvalue weighted by molar-refractivity contribution is 9.11. The molecule has 0 aliphatic carbocycles. The molecule has 84 valence electrons. The van der Waals surface area contributed by atoms with Gasteiger partial charge in [-0.15, -0.1) is 11.3 Å². The molecule has 0 bridgehead atoms. The van der Waals surface area contributed by atoms with E-state index in [4.69, 9.17) is 5.73 Å². The molecule has 3 heterocycles. The molecular formula is C11H12BrN3S. The molecule has 1 aliphatic rings. The summed E-state index contributed by atoms with van der Waals surface area (Å²) in [5, 5.41) is 0. The first-order valence-electron chi connectivity index (χ1n) is 5.30. The lowest BCUT2D eigenvalue weighted by atomic mass is 10.1. The lowest BCUT2D eigenvalue weighted by molar-refractivity contribution is 0.475. The van der Waals surface area contributed by atoms with Gasteiger partial charge in [-0.1, -0.05) is 0 Å². The van der Waals surface area contributed by atoms with Gasteiger partial charge in [-0.3, -0.25) is 0 Å². The maximum atomic E-state index is 5.96. The van der Waals surface area contributed by atoms with E-state index in [0.717, 1.165) is 29.0 Å². The molecule has 0 radical (unpaired) electrons. The number of rotatable bonds is 1. The van der Waals surface area contributed by atoms with E-state index < -0.39 is 0 Å². The molecule has 16 heavy (non-hydrogen) atoms. The number of halogens is 1. The molecule has 0 fully saturated rings. The second-order valence-corrected chi connectivity index (χ2v) is 6.54. The molecule has 1 atom stereocenters. The standard InChI is InChI=1S/C11H12BrN3S/c12-10-2-1-9(16-10)11-14-6-8-5-7(13)3-4-15(8)11/h1-2,6-7H,3-5,13H2. The molecule has 0 aromatic carbocycles. The van der Waals surface area contributed by atoms with E-state index >= 15 is 0 Å². The number of nitrogens with two attached hydrogens (primary N) is 1. The number of hydrogen-bond acceptors (Lipinski definition) is 3. The van der Waals surface area contributed by atoms with Gasteiger partial charge in [0.15, 0.2) is 0 Å². The van der Waals surface area contributed by atoms with Crippen LogP contribution in [0.5, 0.6) is 0 Å². The predicted molar refractivity (Wildman–Crippen MR) is 69.5 cm³/mol. The van der Waals surface area contributed by atoms with Gasteiger partial charge in [0, 0.05) is 30.9 Å². The van der Waals surface area contributed by atoms with Crippen LogP contribution in [-0.2, 0) is 13.0 Å². The first kappa shape index (κ1) is 10.5. The maximum absolute atomic E-state index is 5.96. The summed E-state index contributed by atoms with van der Waals surface area (Å²) in [6, 6.07) is 4.47. The van der Waals surface area contributed by atoms with Gasteiger partial charge in [0.25, 0.3) is 0 Å². The fraction of sp³-hybridized carbons (Fsp3) is 0.364. The summed E-state index contributed by atoms with van der Waals surface area (Å²) in [6.07, 6.45) is 3.95. The monoisotopic (exact) mass is 297 g/mol. The van der Waals surface area contributed by atoms with E-state index in [1.807, 2.05) is 6.20 Å². The number of thiophene rings is 1. The summed E-state index contributed by atoms with van der Waals surface area (Å²) >= 11 is 5.21. The zero-order valence-electron chi connectivity index (χ0n) is 8.69. The molecule has 0 spiro atoms. The van der Waals surface area contributed by atoms with Crippen molar-refractivity contribution < 1.29 is 0 Å². The Kier molecular flexibility index (Phi) is 2.61. The molecular weight excluding hydrogens is 286 g/mol. The molecule has 1 aliphatic heterocycles. The predicted octanol–water partition coefficient (Wildman–Crippen LogP) is 2.65. The summed E-state index contributed by atoms with van der Waals surface area (Å²) in [4.78, 5) is 5.73. The topological polar surface area (TPSA) is 43.8 Å². The summed E-state index contributed by atoms with van der Waals surface area (Å²) in [7, 11) is 0. The van der Waals surface area contributed by atoms with Crippen molar-refractivity contribution in [3.63, 3.8) is 0 Å². The average molecular weight is 298 g/mol. The van der Waals surface area contributed by atoms with Gasteiger partial charge in [-0.25, -0.2) is 4.98 Å². The number of imidazole rings is 1. The Morgan fingerprint density at radius 2 is 2.38 bits per heavy atom. The van der Waals surface area contributed by atoms with Gasteiger partial charge in [0.05, 0.1) is 8.66 Å². The molecule has 3 nitrogen and oxygen atoms in total. The Labute approximate surface area is 106 Å². The number of hydrogen-bond donors (Lipinski definition) is 1. The van der Waals surface area contributed by atoms with Gasteiger partial charge < -0.3 is 10.3 Å². The third kappa shape index (κ3) is 1.73. The Hall–Kier alpha value is -0.650. The Morgan fingerprint density at radius 3 is 3.12 bits per heavy atom. The normalized spacial score (nSPS) is 19.8. The lowest BCUT2D eigenvalue weighted by Crippen LogP contribution is -2.30. The van der Waals surface area contributed by atoms with Crippen molar-refractivity contribution in [2.75, 3.05) is 0 Å². The SMILES string of the molecule is NC1CCn2c(cnc2-c2ccc(Br)s2)C1. The Bertz CT molecular complexity index is 517. The molecule has 0 amide bonds. The largest absolute Gasteiger partial charge is 0.327 e. The zero-order valence-corrected chi connectivity index (χ0v) is 11.1. The zero-order chi connectivity index (χ0) is 11.1. The van der Waals surface area contributed by atoms with Crippen molar-refractivity contribution in [1.82, 2.24) is 9.55 Å². The van der Waals surface area contributed by atoms with E-state index in [1.54, 1.807) is 11.3 Å². The van der Waals surface area contributed by atoms with Crippen LogP contribution in [0.2, 0.25) is 0 Å². The number of aromatic nitrogens is 2. The highest BCUT2D eigenvalue weighted by Gasteiger charge is 2.20. The van der Waals surface area contributed by atoms with Crippen molar-refractivity contribution in [1.29, 1.82) is 0 Å². The van der Waals surface area contributed by atoms with E-state index in [2.05, 4.69) is 37.6 Å². The molecule has 3 rings (SSSR count). The van der Waals surface area contributed by atoms with Crippen LogP contribution >= 0.6 is 27.3 Å². The fourth-order valence-electron chi connectivity index (χ4n) is 2.12. The fourth-order valence-corrected chi connectivity index (χ4v) is 3.51. The van der Waals surface area contributed by atoms with Crippen LogP contribution in [0.4, 0.5) is 0 Å².